The summed E-state index contributed by atoms with van der Waals surface area (Å²) in [5, 5.41) is 14.6. The second-order valence-electron chi connectivity index (χ2n) is 3.52. The van der Waals surface area contributed by atoms with Crippen LogP contribution >= 0.6 is 0 Å². The van der Waals surface area contributed by atoms with Crippen LogP contribution in [-0.4, -0.2) is 35.5 Å². The Morgan fingerprint density at radius 2 is 1.88 bits per heavy atom. The molecule has 0 aliphatic heterocycles. The van der Waals surface area contributed by atoms with Crippen molar-refractivity contribution in [1.82, 2.24) is 5.32 Å². The van der Waals surface area contributed by atoms with Crippen molar-refractivity contribution in [2.75, 3.05) is 13.1 Å². The fourth-order valence-electron chi connectivity index (χ4n) is 1.02. The average molecular weight is 225 g/mol. The predicted molar refractivity (Wildman–Crippen MR) is 65.3 cm³/mol. The van der Waals surface area contributed by atoms with E-state index in [1.165, 1.54) is 13.0 Å². The molecule has 0 amide bonds. The first-order valence-corrected chi connectivity index (χ1v) is 5.10. The third-order valence-corrected chi connectivity index (χ3v) is 1.96. The molecule has 16 heavy (non-hydrogen) atoms. The van der Waals surface area contributed by atoms with Crippen molar-refractivity contribution in [2.24, 2.45) is 10.1 Å². The van der Waals surface area contributed by atoms with Gasteiger partial charge in [-0.1, -0.05) is 5.16 Å². The number of oxime groups is 1. The number of aliphatic imine (C=N–C) groups is 1. The molecule has 0 spiro atoms. The van der Waals surface area contributed by atoms with Crippen molar-refractivity contribution in [3.8, 4) is 0 Å². The normalized spacial score (nSPS) is 13.9. The van der Waals surface area contributed by atoms with Crippen LogP contribution in [0, 0.1) is 0 Å². The maximum Gasteiger partial charge on any atom is 0.154 e. The summed E-state index contributed by atoms with van der Waals surface area (Å²) in [6.45, 7) is 8.03. The molecule has 0 fully saturated rings. The third-order valence-electron chi connectivity index (χ3n) is 1.96. The number of ketones is 1. The molecule has 0 rings (SSSR count). The maximum absolute atomic E-state index is 10.7. The average Bonchev–Trinajstić information content (AvgIpc) is 2.21. The van der Waals surface area contributed by atoms with E-state index in [0.29, 0.717) is 24.5 Å². The summed E-state index contributed by atoms with van der Waals surface area (Å²) in [6.07, 6.45) is 1.54. The zero-order chi connectivity index (χ0) is 12.6. The van der Waals surface area contributed by atoms with E-state index in [4.69, 9.17) is 5.21 Å². The van der Waals surface area contributed by atoms with Crippen LogP contribution in [-0.2, 0) is 4.79 Å². The van der Waals surface area contributed by atoms with Crippen LogP contribution in [0.25, 0.3) is 0 Å². The SMILES string of the molecule is CC(=O)/C=C(\C)NCCN=C(C)/C(C)=N/O. The predicted octanol–water partition coefficient (Wildman–Crippen LogP) is 1.38. The number of nitrogens with zero attached hydrogens (tertiary/aromatic N) is 2. The first-order chi connectivity index (χ1) is 7.47. The van der Waals surface area contributed by atoms with Gasteiger partial charge in [-0.15, -0.1) is 0 Å². The van der Waals surface area contributed by atoms with E-state index in [1.807, 2.05) is 6.92 Å². The lowest BCUT2D eigenvalue weighted by Crippen LogP contribution is -2.17. The van der Waals surface area contributed by atoms with Crippen LogP contribution in [0.5, 0.6) is 0 Å². The molecule has 0 bridgehead atoms. The van der Waals surface area contributed by atoms with Gasteiger partial charge in [-0.3, -0.25) is 9.79 Å². The molecular formula is C11H19N3O2. The Hall–Kier alpha value is -1.65. The molecule has 0 heterocycles. The molecule has 0 aliphatic rings. The van der Waals surface area contributed by atoms with E-state index in [1.54, 1.807) is 13.8 Å². The summed E-state index contributed by atoms with van der Waals surface area (Å²) >= 11 is 0. The summed E-state index contributed by atoms with van der Waals surface area (Å²) in [6, 6.07) is 0. The van der Waals surface area contributed by atoms with Crippen LogP contribution in [0.15, 0.2) is 21.9 Å². The van der Waals surface area contributed by atoms with Gasteiger partial charge in [0, 0.05) is 12.2 Å². The first kappa shape index (κ1) is 14.3. The van der Waals surface area contributed by atoms with Gasteiger partial charge < -0.3 is 10.5 Å². The topological polar surface area (TPSA) is 74.0 Å². The van der Waals surface area contributed by atoms with Crippen molar-refractivity contribution in [3.05, 3.63) is 11.8 Å². The summed E-state index contributed by atoms with van der Waals surface area (Å²) < 4.78 is 0. The number of nitrogens with one attached hydrogen (secondary N) is 1. The molecule has 2 N–H and O–H groups in total. The Bertz CT molecular complexity index is 330. The molecule has 0 aliphatic carbocycles. The fraction of sp³-hybridized carbons (Fsp3) is 0.545. The Labute approximate surface area is 95.9 Å². The largest absolute Gasteiger partial charge is 0.411 e. The van der Waals surface area contributed by atoms with Gasteiger partial charge in [-0.2, -0.15) is 0 Å². The highest BCUT2D eigenvalue weighted by Crippen LogP contribution is 1.88. The molecule has 0 aromatic heterocycles. The molecule has 0 aromatic carbocycles. The smallest absolute Gasteiger partial charge is 0.154 e. The van der Waals surface area contributed by atoms with E-state index < -0.39 is 0 Å². The maximum atomic E-state index is 10.7. The van der Waals surface area contributed by atoms with Gasteiger partial charge in [-0.25, -0.2) is 0 Å². The lowest BCUT2D eigenvalue weighted by Gasteiger charge is -2.04. The lowest BCUT2D eigenvalue weighted by molar-refractivity contribution is -0.112. The van der Waals surface area contributed by atoms with Crippen LogP contribution in [0.4, 0.5) is 0 Å². The summed E-state index contributed by atoms with van der Waals surface area (Å²) in [5.41, 5.74) is 2.04. The zero-order valence-electron chi connectivity index (χ0n) is 10.2. The number of hydrogen-bond donors (Lipinski definition) is 2. The van der Waals surface area contributed by atoms with Crippen molar-refractivity contribution in [3.63, 3.8) is 0 Å². The number of carbonyl (C=O) groups excluding carboxylic acids is 1. The Morgan fingerprint density at radius 3 is 2.38 bits per heavy atom. The molecule has 90 valence electrons. The molecule has 0 aromatic rings. The van der Waals surface area contributed by atoms with Crippen molar-refractivity contribution < 1.29 is 10.0 Å². The van der Waals surface area contributed by atoms with Crippen LogP contribution < -0.4 is 5.32 Å². The zero-order valence-corrected chi connectivity index (χ0v) is 10.2. The van der Waals surface area contributed by atoms with Crippen molar-refractivity contribution >= 4 is 17.2 Å². The highest BCUT2D eigenvalue weighted by molar-refractivity contribution is 6.40. The number of allylic oxidation sites excluding steroid dienone is 2. The molecule has 0 atom stereocenters. The molecule has 5 heteroatoms. The van der Waals surface area contributed by atoms with E-state index in [0.717, 1.165) is 5.70 Å². The van der Waals surface area contributed by atoms with Crippen molar-refractivity contribution in [2.45, 2.75) is 27.7 Å². The van der Waals surface area contributed by atoms with E-state index >= 15 is 0 Å². The molecule has 0 saturated carbocycles. The number of carbonyl (C=O) groups is 1. The molecule has 0 unspecified atom stereocenters. The lowest BCUT2D eigenvalue weighted by atomic mass is 10.3. The van der Waals surface area contributed by atoms with E-state index in [-0.39, 0.29) is 5.78 Å². The van der Waals surface area contributed by atoms with Crippen LogP contribution in [0.1, 0.15) is 27.7 Å². The summed E-state index contributed by atoms with van der Waals surface area (Å²) in [5.74, 6) is 0.0212. The summed E-state index contributed by atoms with van der Waals surface area (Å²) in [7, 11) is 0. The van der Waals surface area contributed by atoms with Crippen LogP contribution in [0.3, 0.4) is 0 Å². The van der Waals surface area contributed by atoms with E-state index in [2.05, 4.69) is 15.5 Å². The molecule has 0 radical (unpaired) electrons. The highest BCUT2D eigenvalue weighted by atomic mass is 16.4. The standard InChI is InChI=1S/C11H19N3O2/c1-8(7-9(2)15)12-5-6-13-10(3)11(4)14-16/h7,12,16H,5-6H2,1-4H3/b8-7+,13-10?,14-11+. The van der Waals surface area contributed by atoms with Gasteiger partial charge in [0.05, 0.1) is 18.0 Å². The van der Waals surface area contributed by atoms with Gasteiger partial charge in [0.15, 0.2) is 5.78 Å². The molecular weight excluding hydrogens is 206 g/mol. The van der Waals surface area contributed by atoms with Gasteiger partial charge in [-0.05, 0) is 33.8 Å². The van der Waals surface area contributed by atoms with E-state index in [9.17, 15) is 4.79 Å². The minimum absolute atomic E-state index is 0.0212. The Balaban J connectivity index is 3.97. The molecule has 5 nitrogen and oxygen atoms in total. The van der Waals surface area contributed by atoms with Gasteiger partial charge in [0.25, 0.3) is 0 Å². The fourth-order valence-corrected chi connectivity index (χ4v) is 1.02. The third kappa shape index (κ3) is 6.75. The van der Waals surface area contributed by atoms with Gasteiger partial charge in [0.1, 0.15) is 0 Å². The second-order valence-corrected chi connectivity index (χ2v) is 3.52. The summed E-state index contributed by atoms with van der Waals surface area (Å²) in [4.78, 5) is 14.9. The van der Waals surface area contributed by atoms with Gasteiger partial charge >= 0.3 is 0 Å². The second kappa shape index (κ2) is 7.62. The Kier molecular flexibility index (Phi) is 6.83. The first-order valence-electron chi connectivity index (χ1n) is 5.10. The molecule has 0 saturated heterocycles. The van der Waals surface area contributed by atoms with Crippen molar-refractivity contribution in [1.29, 1.82) is 0 Å². The minimum Gasteiger partial charge on any atom is -0.411 e. The minimum atomic E-state index is 0.0212. The number of hydrogen-bond acceptors (Lipinski definition) is 5. The monoisotopic (exact) mass is 225 g/mol. The quantitative estimate of drug-likeness (QED) is 0.236. The highest BCUT2D eigenvalue weighted by Gasteiger charge is 1.95. The Morgan fingerprint density at radius 1 is 1.25 bits per heavy atom. The van der Waals surface area contributed by atoms with Gasteiger partial charge in [0.2, 0.25) is 0 Å². The number of rotatable bonds is 6. The van der Waals surface area contributed by atoms with Crippen LogP contribution in [0.2, 0.25) is 0 Å².